The summed E-state index contributed by atoms with van der Waals surface area (Å²) in [6.45, 7) is 3.80. The summed E-state index contributed by atoms with van der Waals surface area (Å²) >= 11 is 1.82. The van der Waals surface area contributed by atoms with Gasteiger partial charge in [0.1, 0.15) is 0 Å². The summed E-state index contributed by atoms with van der Waals surface area (Å²) in [5.41, 5.74) is 1.42. The molecule has 6 nitrogen and oxygen atoms in total. The van der Waals surface area contributed by atoms with Crippen molar-refractivity contribution in [3.05, 3.63) is 46.2 Å². The minimum absolute atomic E-state index is 0.0177. The Morgan fingerprint density at radius 1 is 1.07 bits per heavy atom. The number of esters is 1. The lowest BCUT2D eigenvalue weighted by atomic mass is 9.90. The number of carbonyl (C=O) groups is 1. The van der Waals surface area contributed by atoms with Crippen molar-refractivity contribution in [1.82, 2.24) is 0 Å². The van der Waals surface area contributed by atoms with Crippen LogP contribution in [0.25, 0.3) is 0 Å². The summed E-state index contributed by atoms with van der Waals surface area (Å²) in [5.74, 6) is 0.711. The van der Waals surface area contributed by atoms with Crippen molar-refractivity contribution < 1.29 is 28.5 Å². The molecule has 224 valence electrons. The Kier molecular flexibility index (Phi) is 13.7. The highest BCUT2D eigenvalue weighted by molar-refractivity contribution is 7.10. The minimum atomic E-state index is -0.135. The first kappa shape index (κ1) is 31.4. The first-order valence-electron chi connectivity index (χ1n) is 15.6. The standard InChI is InChI=1S/C33H50O6S/c1-25-26(21-24-40-25)15-17-28(38-32-13-7-9-22-36-32)18-19-29-27(11-5-3-4-6-12-31(34)35-2)16-20-30(29)39-33-14-8-10-23-37-33/h3,5,18-19,21,24,27-30,32-33H,4,6-17,20,22-23H2,1-2H3/b5-3-,19-18+/t27-,28-,29?,30+,32?,33?/m0/s1. The molecule has 0 radical (unpaired) electrons. The molecule has 6 atom stereocenters. The molecule has 2 aliphatic heterocycles. The number of hydrogen-bond acceptors (Lipinski definition) is 7. The van der Waals surface area contributed by atoms with Crippen LogP contribution in [0.15, 0.2) is 35.8 Å². The average Bonchev–Trinajstić information content (AvgIpc) is 3.57. The lowest BCUT2D eigenvalue weighted by molar-refractivity contribution is -0.192. The van der Waals surface area contributed by atoms with E-state index in [9.17, 15) is 4.79 Å². The summed E-state index contributed by atoms with van der Waals surface area (Å²) in [6, 6.07) is 2.25. The molecule has 1 aromatic rings. The van der Waals surface area contributed by atoms with Crippen molar-refractivity contribution in [3.8, 4) is 0 Å². The molecule has 1 saturated carbocycles. The molecule has 3 heterocycles. The third kappa shape index (κ3) is 10.4. The summed E-state index contributed by atoms with van der Waals surface area (Å²) in [5, 5.41) is 2.18. The Labute approximate surface area is 245 Å². The van der Waals surface area contributed by atoms with E-state index in [1.165, 1.54) is 30.4 Å². The first-order chi connectivity index (χ1) is 19.6. The Balaban J connectivity index is 1.40. The fourth-order valence-corrected chi connectivity index (χ4v) is 6.85. The maximum Gasteiger partial charge on any atom is 0.305 e. The smallest absolute Gasteiger partial charge is 0.305 e. The van der Waals surface area contributed by atoms with Gasteiger partial charge in [0.2, 0.25) is 0 Å². The molecule has 2 saturated heterocycles. The Morgan fingerprint density at radius 3 is 2.58 bits per heavy atom. The molecule has 0 spiro atoms. The number of aryl methyl sites for hydroxylation is 2. The lowest BCUT2D eigenvalue weighted by Gasteiger charge is -2.30. The number of carbonyl (C=O) groups excluding carboxylic acids is 1. The Bertz CT molecular complexity index is 914. The van der Waals surface area contributed by atoms with Crippen LogP contribution in [0.5, 0.6) is 0 Å². The van der Waals surface area contributed by atoms with E-state index in [4.69, 9.17) is 23.7 Å². The highest BCUT2D eigenvalue weighted by atomic mass is 32.1. The van der Waals surface area contributed by atoms with Crippen LogP contribution in [0.4, 0.5) is 0 Å². The number of allylic oxidation sites excluding steroid dienone is 2. The maximum atomic E-state index is 11.4. The SMILES string of the molecule is COC(=O)CCC/C=C\C[C@H]1CC[C@@H](OC2CCCCO2)C1/C=C/[C@H](CCc1ccsc1C)OC1CCCCO1. The van der Waals surface area contributed by atoms with E-state index in [1.54, 1.807) is 0 Å². The van der Waals surface area contributed by atoms with Gasteiger partial charge in [0, 0.05) is 30.4 Å². The average molecular weight is 575 g/mol. The van der Waals surface area contributed by atoms with Crippen LogP contribution in [0, 0.1) is 18.8 Å². The minimum Gasteiger partial charge on any atom is -0.469 e. The molecular weight excluding hydrogens is 524 g/mol. The van der Waals surface area contributed by atoms with Gasteiger partial charge in [0.15, 0.2) is 12.6 Å². The second-order valence-corrected chi connectivity index (χ2v) is 12.6. The number of ether oxygens (including phenoxy) is 5. The fraction of sp³-hybridized carbons (Fsp3) is 0.727. The van der Waals surface area contributed by atoms with Gasteiger partial charge in [-0.05, 0) is 113 Å². The zero-order chi connectivity index (χ0) is 28.0. The quantitative estimate of drug-likeness (QED) is 0.122. The van der Waals surface area contributed by atoms with E-state index in [-0.39, 0.29) is 30.8 Å². The number of unbranched alkanes of at least 4 members (excludes halogenated alkanes) is 1. The van der Waals surface area contributed by atoms with Crippen LogP contribution in [0.1, 0.15) is 93.9 Å². The fourth-order valence-electron chi connectivity index (χ4n) is 6.09. The summed E-state index contributed by atoms with van der Waals surface area (Å²) in [6.07, 6.45) is 23.1. The topological polar surface area (TPSA) is 63.2 Å². The molecule has 1 aliphatic carbocycles. The highest BCUT2D eigenvalue weighted by Gasteiger charge is 2.36. The Morgan fingerprint density at radius 2 is 1.88 bits per heavy atom. The second-order valence-electron chi connectivity index (χ2n) is 11.5. The molecule has 0 aromatic carbocycles. The zero-order valence-electron chi connectivity index (χ0n) is 24.6. The van der Waals surface area contributed by atoms with Gasteiger partial charge in [-0.2, -0.15) is 0 Å². The van der Waals surface area contributed by atoms with Gasteiger partial charge in [-0.1, -0.05) is 24.3 Å². The molecule has 7 heteroatoms. The van der Waals surface area contributed by atoms with Crippen molar-refractivity contribution in [1.29, 1.82) is 0 Å². The van der Waals surface area contributed by atoms with E-state index in [1.807, 2.05) is 11.3 Å². The molecule has 0 amide bonds. The highest BCUT2D eigenvalue weighted by Crippen LogP contribution is 2.39. The monoisotopic (exact) mass is 574 g/mol. The van der Waals surface area contributed by atoms with Crippen LogP contribution >= 0.6 is 11.3 Å². The summed E-state index contributed by atoms with van der Waals surface area (Å²) in [4.78, 5) is 12.8. The third-order valence-corrected chi connectivity index (χ3v) is 9.41. The van der Waals surface area contributed by atoms with E-state index < -0.39 is 0 Å². The van der Waals surface area contributed by atoms with Crippen molar-refractivity contribution in [2.24, 2.45) is 11.8 Å². The second kappa shape index (κ2) is 17.4. The van der Waals surface area contributed by atoms with Crippen molar-refractivity contribution in [3.63, 3.8) is 0 Å². The third-order valence-electron chi connectivity index (χ3n) is 8.52. The summed E-state index contributed by atoms with van der Waals surface area (Å²) in [7, 11) is 1.45. The number of hydrogen-bond donors (Lipinski definition) is 0. The molecule has 3 aliphatic rings. The van der Waals surface area contributed by atoms with Gasteiger partial charge < -0.3 is 23.7 Å². The van der Waals surface area contributed by atoms with Crippen LogP contribution in [0.3, 0.4) is 0 Å². The van der Waals surface area contributed by atoms with E-state index in [2.05, 4.69) is 42.7 Å². The molecule has 4 rings (SSSR count). The first-order valence-corrected chi connectivity index (χ1v) is 16.5. The maximum absolute atomic E-state index is 11.4. The van der Waals surface area contributed by atoms with Gasteiger partial charge in [0.25, 0.3) is 0 Å². The van der Waals surface area contributed by atoms with E-state index >= 15 is 0 Å². The van der Waals surface area contributed by atoms with Gasteiger partial charge >= 0.3 is 5.97 Å². The number of methoxy groups -OCH3 is 1. The zero-order valence-corrected chi connectivity index (χ0v) is 25.4. The molecule has 3 unspecified atom stereocenters. The summed E-state index contributed by atoms with van der Waals surface area (Å²) < 4.78 is 29.8. The largest absolute Gasteiger partial charge is 0.469 e. The van der Waals surface area contributed by atoms with E-state index in [0.717, 1.165) is 83.8 Å². The Hall–Kier alpha value is -1.51. The molecule has 1 aromatic heterocycles. The number of rotatable bonds is 15. The van der Waals surface area contributed by atoms with Gasteiger partial charge in [0.05, 0.1) is 19.3 Å². The molecule has 0 bridgehead atoms. The van der Waals surface area contributed by atoms with E-state index in [0.29, 0.717) is 18.3 Å². The molecule has 40 heavy (non-hydrogen) atoms. The van der Waals surface area contributed by atoms with Gasteiger partial charge in [-0.15, -0.1) is 11.3 Å². The van der Waals surface area contributed by atoms with Crippen LogP contribution in [0.2, 0.25) is 0 Å². The van der Waals surface area contributed by atoms with Crippen LogP contribution in [-0.2, 0) is 34.9 Å². The normalized spacial score (nSPS) is 28.4. The van der Waals surface area contributed by atoms with Crippen LogP contribution in [-0.4, -0.2) is 51.1 Å². The van der Waals surface area contributed by atoms with Crippen molar-refractivity contribution in [2.45, 2.75) is 122 Å². The molecular formula is C33H50O6S. The number of thiophene rings is 1. The van der Waals surface area contributed by atoms with Crippen molar-refractivity contribution in [2.75, 3.05) is 20.3 Å². The van der Waals surface area contributed by atoms with Crippen molar-refractivity contribution >= 4 is 17.3 Å². The molecule has 3 fully saturated rings. The van der Waals surface area contributed by atoms with Gasteiger partial charge in [-0.25, -0.2) is 0 Å². The van der Waals surface area contributed by atoms with Crippen LogP contribution < -0.4 is 0 Å². The molecule has 0 N–H and O–H groups in total. The lowest BCUT2D eigenvalue weighted by Crippen LogP contribution is -2.31. The predicted octanol–water partition coefficient (Wildman–Crippen LogP) is 7.68. The van der Waals surface area contributed by atoms with Gasteiger partial charge in [-0.3, -0.25) is 4.79 Å². The predicted molar refractivity (Wildman–Crippen MR) is 159 cm³/mol.